The molecule has 19 heavy (non-hydrogen) atoms. The van der Waals surface area contributed by atoms with Crippen LogP contribution in [0, 0.1) is 5.82 Å². The third-order valence-electron chi connectivity index (χ3n) is 2.33. The van der Waals surface area contributed by atoms with Crippen LogP contribution < -0.4 is 0 Å². The van der Waals surface area contributed by atoms with E-state index < -0.39 is 23.7 Å². The van der Waals surface area contributed by atoms with Crippen LogP contribution in [0.1, 0.15) is 25.3 Å². The SMILES string of the molecule is CCOC(=O)C(C(=O)OCC)c1c(F)cccc1Cl. The maximum Gasteiger partial charge on any atom is 0.325 e. The normalized spacial score (nSPS) is 10.4. The lowest BCUT2D eigenvalue weighted by Crippen LogP contribution is -2.27. The van der Waals surface area contributed by atoms with E-state index in [0.29, 0.717) is 0 Å². The number of ether oxygens (including phenoxy) is 2. The lowest BCUT2D eigenvalue weighted by atomic mass is 9.98. The van der Waals surface area contributed by atoms with Crippen molar-refractivity contribution in [2.45, 2.75) is 19.8 Å². The van der Waals surface area contributed by atoms with Crippen LogP contribution in [0.5, 0.6) is 0 Å². The summed E-state index contributed by atoms with van der Waals surface area (Å²) in [4.78, 5) is 23.6. The molecule has 0 N–H and O–H groups in total. The Balaban J connectivity index is 3.23. The third-order valence-corrected chi connectivity index (χ3v) is 2.66. The van der Waals surface area contributed by atoms with Gasteiger partial charge < -0.3 is 9.47 Å². The maximum atomic E-state index is 13.8. The molecule has 0 aliphatic rings. The van der Waals surface area contributed by atoms with Crippen molar-refractivity contribution in [1.82, 2.24) is 0 Å². The van der Waals surface area contributed by atoms with E-state index in [9.17, 15) is 14.0 Å². The van der Waals surface area contributed by atoms with Gasteiger partial charge in [-0.3, -0.25) is 9.59 Å². The van der Waals surface area contributed by atoms with E-state index in [1.54, 1.807) is 13.8 Å². The van der Waals surface area contributed by atoms with Gasteiger partial charge in [-0.2, -0.15) is 0 Å². The molecule has 1 aromatic rings. The Morgan fingerprint density at radius 3 is 2.16 bits per heavy atom. The van der Waals surface area contributed by atoms with E-state index >= 15 is 0 Å². The van der Waals surface area contributed by atoms with Crippen LogP contribution in [-0.2, 0) is 19.1 Å². The van der Waals surface area contributed by atoms with Crippen LogP contribution in [0.15, 0.2) is 18.2 Å². The summed E-state index contributed by atoms with van der Waals surface area (Å²) in [5.74, 6) is -4.02. The fraction of sp³-hybridized carbons (Fsp3) is 0.385. The third kappa shape index (κ3) is 3.67. The van der Waals surface area contributed by atoms with Gasteiger partial charge in [0.1, 0.15) is 5.82 Å². The number of halogens is 2. The second kappa shape index (κ2) is 7.09. The van der Waals surface area contributed by atoms with E-state index in [4.69, 9.17) is 21.1 Å². The summed E-state index contributed by atoms with van der Waals surface area (Å²) in [5.41, 5.74) is -0.221. The number of rotatable bonds is 5. The molecule has 104 valence electrons. The molecular weight excluding hydrogens is 275 g/mol. The van der Waals surface area contributed by atoms with Crippen LogP contribution in [0.3, 0.4) is 0 Å². The van der Waals surface area contributed by atoms with Gasteiger partial charge in [0.05, 0.1) is 13.2 Å². The van der Waals surface area contributed by atoms with Crippen LogP contribution >= 0.6 is 11.6 Å². The molecule has 1 rings (SSSR count). The molecule has 1 aromatic carbocycles. The highest BCUT2D eigenvalue weighted by atomic mass is 35.5. The lowest BCUT2D eigenvalue weighted by Gasteiger charge is -2.16. The predicted molar refractivity (Wildman–Crippen MR) is 67.4 cm³/mol. The van der Waals surface area contributed by atoms with Gasteiger partial charge in [-0.15, -0.1) is 0 Å². The average Bonchev–Trinajstić information content (AvgIpc) is 2.34. The van der Waals surface area contributed by atoms with Crippen LogP contribution in [0.2, 0.25) is 5.02 Å². The molecule has 4 nitrogen and oxygen atoms in total. The summed E-state index contributed by atoms with van der Waals surface area (Å²) >= 11 is 5.86. The Kier molecular flexibility index (Phi) is 5.76. The molecule has 0 amide bonds. The van der Waals surface area contributed by atoms with Gasteiger partial charge in [0, 0.05) is 10.6 Å². The Hall–Kier alpha value is -1.62. The van der Waals surface area contributed by atoms with Gasteiger partial charge in [-0.1, -0.05) is 17.7 Å². The minimum Gasteiger partial charge on any atom is -0.465 e. The molecule has 0 radical (unpaired) electrons. The first kappa shape index (κ1) is 15.4. The first-order valence-electron chi connectivity index (χ1n) is 5.80. The minimum atomic E-state index is -1.51. The Morgan fingerprint density at radius 2 is 1.74 bits per heavy atom. The molecular formula is C13H14ClFO4. The quantitative estimate of drug-likeness (QED) is 0.617. The molecule has 6 heteroatoms. The second-order valence-corrected chi connectivity index (χ2v) is 3.98. The summed E-state index contributed by atoms with van der Waals surface area (Å²) < 4.78 is 23.3. The fourth-order valence-corrected chi connectivity index (χ4v) is 1.84. The molecule has 0 aliphatic carbocycles. The number of hydrogen-bond donors (Lipinski definition) is 0. The summed E-state index contributed by atoms with van der Waals surface area (Å²) in [6.07, 6.45) is 0. The maximum absolute atomic E-state index is 13.8. The number of esters is 2. The number of carbonyl (C=O) groups excluding carboxylic acids is 2. The zero-order chi connectivity index (χ0) is 14.4. The molecule has 0 atom stereocenters. The number of benzene rings is 1. The molecule has 0 aliphatic heterocycles. The molecule has 0 unspecified atom stereocenters. The van der Waals surface area contributed by atoms with Crippen LogP contribution in [0.25, 0.3) is 0 Å². The topological polar surface area (TPSA) is 52.6 Å². The van der Waals surface area contributed by atoms with E-state index in [0.717, 1.165) is 6.07 Å². The Labute approximate surface area is 115 Å². The van der Waals surface area contributed by atoms with Gasteiger partial charge in [-0.05, 0) is 26.0 Å². The first-order valence-corrected chi connectivity index (χ1v) is 6.17. The molecule has 0 aromatic heterocycles. The minimum absolute atomic E-state index is 0.0221. The summed E-state index contributed by atoms with van der Waals surface area (Å²) in [5, 5.41) is -0.0221. The van der Waals surface area contributed by atoms with Gasteiger partial charge in [0.25, 0.3) is 0 Å². The van der Waals surface area contributed by atoms with E-state index in [1.807, 2.05) is 0 Å². The van der Waals surface area contributed by atoms with Crippen molar-refractivity contribution >= 4 is 23.5 Å². The van der Waals surface area contributed by atoms with Crippen LogP contribution in [-0.4, -0.2) is 25.2 Å². The largest absolute Gasteiger partial charge is 0.465 e. The van der Waals surface area contributed by atoms with E-state index in [2.05, 4.69) is 0 Å². The number of carbonyl (C=O) groups is 2. The molecule has 0 spiro atoms. The molecule has 0 saturated heterocycles. The average molecular weight is 289 g/mol. The van der Waals surface area contributed by atoms with Crippen molar-refractivity contribution in [2.24, 2.45) is 0 Å². The highest BCUT2D eigenvalue weighted by Crippen LogP contribution is 2.29. The zero-order valence-corrected chi connectivity index (χ0v) is 11.4. The van der Waals surface area contributed by atoms with Crippen molar-refractivity contribution < 1.29 is 23.5 Å². The van der Waals surface area contributed by atoms with Crippen molar-refractivity contribution in [3.63, 3.8) is 0 Å². The highest BCUT2D eigenvalue weighted by molar-refractivity contribution is 6.32. The van der Waals surface area contributed by atoms with Gasteiger partial charge in [0.15, 0.2) is 5.92 Å². The Bertz CT molecular complexity index is 437. The summed E-state index contributed by atoms with van der Waals surface area (Å²) in [7, 11) is 0. The standard InChI is InChI=1S/C13H14ClFO4/c1-3-18-12(16)11(13(17)19-4-2)10-8(14)6-5-7-9(10)15/h5-7,11H,3-4H2,1-2H3. The highest BCUT2D eigenvalue weighted by Gasteiger charge is 2.35. The Morgan fingerprint density at radius 1 is 1.21 bits per heavy atom. The smallest absolute Gasteiger partial charge is 0.325 e. The van der Waals surface area contributed by atoms with Crippen molar-refractivity contribution in [1.29, 1.82) is 0 Å². The fourth-order valence-electron chi connectivity index (χ4n) is 1.57. The summed E-state index contributed by atoms with van der Waals surface area (Å²) in [6, 6.07) is 3.90. The predicted octanol–water partition coefficient (Wildman–Crippen LogP) is 2.69. The molecule has 0 bridgehead atoms. The van der Waals surface area contributed by atoms with Crippen LogP contribution in [0.4, 0.5) is 4.39 Å². The zero-order valence-electron chi connectivity index (χ0n) is 10.6. The molecule has 0 saturated carbocycles. The monoisotopic (exact) mass is 288 g/mol. The number of hydrogen-bond acceptors (Lipinski definition) is 4. The van der Waals surface area contributed by atoms with Gasteiger partial charge in [0.2, 0.25) is 0 Å². The molecule has 0 fully saturated rings. The second-order valence-electron chi connectivity index (χ2n) is 3.57. The van der Waals surface area contributed by atoms with Crippen molar-refractivity contribution in [3.8, 4) is 0 Å². The molecule has 0 heterocycles. The van der Waals surface area contributed by atoms with Crippen molar-refractivity contribution in [2.75, 3.05) is 13.2 Å². The van der Waals surface area contributed by atoms with Gasteiger partial charge >= 0.3 is 11.9 Å². The summed E-state index contributed by atoms with van der Waals surface area (Å²) in [6.45, 7) is 3.31. The van der Waals surface area contributed by atoms with Crippen molar-refractivity contribution in [3.05, 3.63) is 34.6 Å². The lowest BCUT2D eigenvalue weighted by molar-refractivity contribution is -0.157. The van der Waals surface area contributed by atoms with E-state index in [1.165, 1.54) is 12.1 Å². The van der Waals surface area contributed by atoms with E-state index in [-0.39, 0.29) is 23.8 Å². The van der Waals surface area contributed by atoms with Gasteiger partial charge in [-0.25, -0.2) is 4.39 Å². The first-order chi connectivity index (χ1) is 9.02.